The third kappa shape index (κ3) is 4.36. The van der Waals surface area contributed by atoms with Gasteiger partial charge in [-0.25, -0.2) is 12.8 Å². The second kappa shape index (κ2) is 7.36. The molecule has 3 aromatic rings. The fourth-order valence-electron chi connectivity index (χ4n) is 2.31. The summed E-state index contributed by atoms with van der Waals surface area (Å²) in [6, 6.07) is 21.5. The van der Waals surface area contributed by atoms with Crippen molar-refractivity contribution in [3.8, 4) is 0 Å². The van der Waals surface area contributed by atoms with Crippen molar-refractivity contribution < 1.29 is 12.8 Å². The second-order valence-electron chi connectivity index (χ2n) is 5.44. The van der Waals surface area contributed by atoms with Crippen LogP contribution in [0.5, 0.6) is 0 Å². The normalized spacial score (nSPS) is 11.1. The molecule has 0 fully saturated rings. The van der Waals surface area contributed by atoms with Crippen molar-refractivity contribution in [1.82, 2.24) is 0 Å². The van der Waals surface area contributed by atoms with Gasteiger partial charge < -0.3 is 5.32 Å². The van der Waals surface area contributed by atoms with Crippen LogP contribution >= 0.6 is 0 Å². The van der Waals surface area contributed by atoms with Gasteiger partial charge in [0.25, 0.3) is 10.0 Å². The molecule has 2 N–H and O–H groups in total. The van der Waals surface area contributed by atoms with Gasteiger partial charge in [0.15, 0.2) is 0 Å². The highest BCUT2D eigenvalue weighted by Gasteiger charge is 2.13. The van der Waals surface area contributed by atoms with Gasteiger partial charge in [0, 0.05) is 23.5 Å². The number of hydrogen-bond donors (Lipinski definition) is 2. The maximum absolute atomic E-state index is 13.6. The van der Waals surface area contributed by atoms with Crippen molar-refractivity contribution in [2.24, 2.45) is 0 Å². The lowest BCUT2D eigenvalue weighted by Crippen LogP contribution is -2.12. The molecular formula is C19H17FN2O2S. The molecule has 0 aliphatic rings. The van der Waals surface area contributed by atoms with Crippen molar-refractivity contribution in [3.63, 3.8) is 0 Å². The Morgan fingerprint density at radius 3 is 2.04 bits per heavy atom. The van der Waals surface area contributed by atoms with Crippen molar-refractivity contribution in [3.05, 3.63) is 90.2 Å². The quantitative estimate of drug-likeness (QED) is 0.695. The predicted octanol–water partition coefficient (Wildman–Crippen LogP) is 4.24. The zero-order valence-corrected chi connectivity index (χ0v) is 14.1. The SMILES string of the molecule is O=S(=O)(Nc1ccc(NCc2ccccc2F)cc1)c1ccccc1. The Hall–Kier alpha value is -2.86. The molecule has 0 radical (unpaired) electrons. The summed E-state index contributed by atoms with van der Waals surface area (Å²) in [6.45, 7) is 0.349. The number of anilines is 2. The van der Waals surface area contributed by atoms with E-state index >= 15 is 0 Å². The summed E-state index contributed by atoms with van der Waals surface area (Å²) in [5, 5.41) is 3.11. The average molecular weight is 356 g/mol. The third-order valence-corrected chi connectivity index (χ3v) is 5.03. The van der Waals surface area contributed by atoms with Crippen LogP contribution in [-0.2, 0) is 16.6 Å². The van der Waals surface area contributed by atoms with E-state index in [0.717, 1.165) is 5.69 Å². The minimum atomic E-state index is -3.61. The summed E-state index contributed by atoms with van der Waals surface area (Å²) >= 11 is 0. The number of halogens is 1. The lowest BCUT2D eigenvalue weighted by Gasteiger charge is -2.10. The molecule has 0 spiro atoms. The molecule has 0 aromatic heterocycles. The highest BCUT2D eigenvalue weighted by atomic mass is 32.2. The van der Waals surface area contributed by atoms with E-state index in [-0.39, 0.29) is 10.7 Å². The zero-order valence-electron chi connectivity index (χ0n) is 13.3. The maximum atomic E-state index is 13.6. The van der Waals surface area contributed by atoms with Crippen LogP contribution in [0.3, 0.4) is 0 Å². The highest BCUT2D eigenvalue weighted by molar-refractivity contribution is 7.92. The first-order valence-corrected chi connectivity index (χ1v) is 9.18. The Bertz CT molecular complexity index is 943. The van der Waals surface area contributed by atoms with Crippen LogP contribution in [0.2, 0.25) is 0 Å². The molecule has 0 amide bonds. The molecule has 0 saturated carbocycles. The van der Waals surface area contributed by atoms with Crippen molar-refractivity contribution >= 4 is 21.4 Å². The van der Waals surface area contributed by atoms with E-state index in [9.17, 15) is 12.8 Å². The Kier molecular flexibility index (Phi) is 5.00. The van der Waals surface area contributed by atoms with Crippen LogP contribution in [0, 0.1) is 5.82 Å². The highest BCUT2D eigenvalue weighted by Crippen LogP contribution is 2.19. The second-order valence-corrected chi connectivity index (χ2v) is 7.12. The summed E-state index contributed by atoms with van der Waals surface area (Å²) in [4.78, 5) is 0.205. The van der Waals surface area contributed by atoms with E-state index in [1.54, 1.807) is 60.7 Å². The van der Waals surface area contributed by atoms with Crippen LogP contribution in [0.15, 0.2) is 83.8 Å². The molecule has 25 heavy (non-hydrogen) atoms. The van der Waals surface area contributed by atoms with Gasteiger partial charge in [-0.05, 0) is 42.5 Å². The Balaban J connectivity index is 1.65. The smallest absolute Gasteiger partial charge is 0.261 e. The standard InChI is InChI=1S/C19H17FN2O2S/c20-19-9-5-4-6-15(19)14-21-16-10-12-17(13-11-16)22-25(23,24)18-7-2-1-3-8-18/h1-13,21-22H,14H2. The first-order valence-electron chi connectivity index (χ1n) is 7.70. The van der Waals surface area contributed by atoms with E-state index in [1.165, 1.54) is 18.2 Å². The summed E-state index contributed by atoms with van der Waals surface area (Å²) in [6.07, 6.45) is 0. The molecule has 0 bridgehead atoms. The molecular weight excluding hydrogens is 339 g/mol. The van der Waals surface area contributed by atoms with Crippen LogP contribution < -0.4 is 10.0 Å². The average Bonchev–Trinajstić information content (AvgIpc) is 2.63. The monoisotopic (exact) mass is 356 g/mol. The zero-order chi connectivity index (χ0) is 17.7. The minimum Gasteiger partial charge on any atom is -0.381 e. The van der Waals surface area contributed by atoms with Gasteiger partial charge in [0.1, 0.15) is 5.82 Å². The van der Waals surface area contributed by atoms with E-state index in [2.05, 4.69) is 10.0 Å². The van der Waals surface area contributed by atoms with Crippen LogP contribution in [0.1, 0.15) is 5.56 Å². The van der Waals surface area contributed by atoms with E-state index < -0.39 is 10.0 Å². The number of benzene rings is 3. The van der Waals surface area contributed by atoms with Gasteiger partial charge in [-0.2, -0.15) is 0 Å². The predicted molar refractivity (Wildman–Crippen MR) is 97.4 cm³/mol. The lowest BCUT2D eigenvalue weighted by atomic mass is 10.2. The lowest BCUT2D eigenvalue weighted by molar-refractivity contribution is 0.601. The van der Waals surface area contributed by atoms with Gasteiger partial charge in [0.2, 0.25) is 0 Å². The first-order chi connectivity index (χ1) is 12.0. The van der Waals surface area contributed by atoms with Gasteiger partial charge in [-0.3, -0.25) is 4.72 Å². The van der Waals surface area contributed by atoms with Gasteiger partial charge in [-0.15, -0.1) is 0 Å². The maximum Gasteiger partial charge on any atom is 0.261 e. The van der Waals surface area contributed by atoms with Crippen LogP contribution in [0.4, 0.5) is 15.8 Å². The largest absolute Gasteiger partial charge is 0.381 e. The molecule has 0 saturated heterocycles. The van der Waals surface area contributed by atoms with Crippen molar-refractivity contribution in [1.29, 1.82) is 0 Å². The number of rotatable bonds is 6. The molecule has 0 unspecified atom stereocenters. The fraction of sp³-hybridized carbons (Fsp3) is 0.0526. The summed E-state index contributed by atoms with van der Waals surface area (Å²) in [7, 11) is -3.61. The molecule has 0 atom stereocenters. The molecule has 3 rings (SSSR count). The molecule has 4 nitrogen and oxygen atoms in total. The van der Waals surface area contributed by atoms with Gasteiger partial charge in [0.05, 0.1) is 4.90 Å². The summed E-state index contributed by atoms with van der Waals surface area (Å²) < 4.78 is 40.6. The Morgan fingerprint density at radius 1 is 0.760 bits per heavy atom. The first kappa shape index (κ1) is 17.0. The topological polar surface area (TPSA) is 58.2 Å². The van der Waals surface area contributed by atoms with Gasteiger partial charge in [-0.1, -0.05) is 36.4 Å². The minimum absolute atomic E-state index is 0.205. The fourth-order valence-corrected chi connectivity index (χ4v) is 3.39. The van der Waals surface area contributed by atoms with Crippen molar-refractivity contribution in [2.75, 3.05) is 10.0 Å². The summed E-state index contributed by atoms with van der Waals surface area (Å²) in [5.74, 6) is -0.262. The summed E-state index contributed by atoms with van der Waals surface area (Å²) in [5.41, 5.74) is 1.79. The molecule has 3 aromatic carbocycles. The van der Waals surface area contributed by atoms with E-state index in [1.807, 2.05) is 0 Å². The number of sulfonamides is 1. The Morgan fingerprint density at radius 2 is 1.36 bits per heavy atom. The van der Waals surface area contributed by atoms with E-state index in [0.29, 0.717) is 17.8 Å². The van der Waals surface area contributed by atoms with Crippen LogP contribution in [0.25, 0.3) is 0 Å². The molecule has 0 aliphatic heterocycles. The third-order valence-electron chi connectivity index (χ3n) is 3.63. The van der Waals surface area contributed by atoms with Crippen molar-refractivity contribution in [2.45, 2.75) is 11.4 Å². The van der Waals surface area contributed by atoms with Crippen LogP contribution in [-0.4, -0.2) is 8.42 Å². The van der Waals surface area contributed by atoms with E-state index in [4.69, 9.17) is 0 Å². The molecule has 0 heterocycles. The molecule has 6 heteroatoms. The van der Waals surface area contributed by atoms with Gasteiger partial charge >= 0.3 is 0 Å². The molecule has 0 aliphatic carbocycles. The number of hydrogen-bond acceptors (Lipinski definition) is 3. The number of nitrogens with one attached hydrogen (secondary N) is 2. The Labute approximate surface area is 146 Å². The molecule has 128 valence electrons.